The maximum Gasteiger partial charge on any atom is 0.287 e. The lowest BCUT2D eigenvalue weighted by atomic mass is 10.2. The molecule has 1 heterocycles. The molecule has 0 saturated heterocycles. The Morgan fingerprint density at radius 2 is 2.15 bits per heavy atom. The number of nitro groups is 1. The Bertz CT molecular complexity index is 667. The fraction of sp³-hybridized carbons (Fsp3) is 0.154. The summed E-state index contributed by atoms with van der Waals surface area (Å²) in [6.45, 7) is 0. The van der Waals surface area contributed by atoms with Gasteiger partial charge in [0.25, 0.3) is 11.6 Å². The van der Waals surface area contributed by atoms with Crippen LogP contribution in [0.15, 0.2) is 36.5 Å². The number of aryl methyl sites for hydroxylation is 1. The molecular weight excluding hydrogens is 282 g/mol. The van der Waals surface area contributed by atoms with Crippen molar-refractivity contribution < 1.29 is 9.72 Å². The maximum absolute atomic E-state index is 12.1. The van der Waals surface area contributed by atoms with Gasteiger partial charge in [-0.1, -0.05) is 18.2 Å². The number of halogens is 1. The summed E-state index contributed by atoms with van der Waals surface area (Å²) < 4.78 is 1.41. The molecule has 20 heavy (non-hydrogen) atoms. The van der Waals surface area contributed by atoms with Gasteiger partial charge in [-0.25, -0.2) is 0 Å². The maximum atomic E-state index is 12.1. The predicted octanol–water partition coefficient (Wildman–Crippen LogP) is 2.92. The normalized spacial score (nSPS) is 10.3. The van der Waals surface area contributed by atoms with Gasteiger partial charge in [-0.15, -0.1) is 11.6 Å². The quantitative estimate of drug-likeness (QED) is 0.535. The van der Waals surface area contributed by atoms with Crippen LogP contribution in [0.3, 0.4) is 0 Å². The van der Waals surface area contributed by atoms with Crippen LogP contribution in [0, 0.1) is 10.1 Å². The largest absolute Gasteiger partial charge is 0.340 e. The number of alkyl halides is 1. The van der Waals surface area contributed by atoms with Crippen LogP contribution in [0.1, 0.15) is 16.1 Å². The summed E-state index contributed by atoms with van der Waals surface area (Å²) >= 11 is 5.79. The summed E-state index contributed by atoms with van der Waals surface area (Å²) in [7, 11) is 1.58. The minimum Gasteiger partial charge on any atom is -0.340 e. The van der Waals surface area contributed by atoms with E-state index in [2.05, 4.69) is 5.32 Å². The Morgan fingerprint density at radius 3 is 2.75 bits per heavy atom. The van der Waals surface area contributed by atoms with Crippen LogP contribution in [0.25, 0.3) is 0 Å². The molecule has 0 radical (unpaired) electrons. The van der Waals surface area contributed by atoms with E-state index in [-0.39, 0.29) is 17.3 Å². The number of benzene rings is 1. The van der Waals surface area contributed by atoms with Crippen LogP contribution in [0.4, 0.5) is 11.4 Å². The van der Waals surface area contributed by atoms with E-state index in [0.717, 1.165) is 5.56 Å². The third-order valence-corrected chi connectivity index (χ3v) is 3.13. The fourth-order valence-electron chi connectivity index (χ4n) is 1.82. The first-order chi connectivity index (χ1) is 9.52. The molecule has 6 nitrogen and oxygen atoms in total. The van der Waals surface area contributed by atoms with Crippen LogP contribution < -0.4 is 5.32 Å². The first-order valence-corrected chi connectivity index (χ1v) is 6.32. The Morgan fingerprint density at radius 1 is 1.45 bits per heavy atom. The Labute approximate surface area is 120 Å². The fourth-order valence-corrected chi connectivity index (χ4v) is 2.05. The highest BCUT2D eigenvalue weighted by Crippen LogP contribution is 2.20. The van der Waals surface area contributed by atoms with Crippen molar-refractivity contribution in [2.24, 2.45) is 7.05 Å². The molecule has 0 aliphatic carbocycles. The molecule has 0 fully saturated rings. The summed E-state index contributed by atoms with van der Waals surface area (Å²) in [6.07, 6.45) is 1.29. The van der Waals surface area contributed by atoms with E-state index in [0.29, 0.717) is 5.69 Å². The highest BCUT2D eigenvalue weighted by Gasteiger charge is 2.18. The van der Waals surface area contributed by atoms with Gasteiger partial charge in [-0.05, 0) is 11.6 Å². The number of carbonyl (C=O) groups is 1. The lowest BCUT2D eigenvalue weighted by molar-refractivity contribution is -0.384. The second-order valence-corrected chi connectivity index (χ2v) is 4.46. The molecule has 1 aromatic carbocycles. The zero-order valence-electron chi connectivity index (χ0n) is 10.7. The molecule has 0 bridgehead atoms. The van der Waals surface area contributed by atoms with Crippen molar-refractivity contribution in [2.45, 2.75) is 5.88 Å². The molecule has 1 amide bonds. The topological polar surface area (TPSA) is 77.2 Å². The summed E-state index contributed by atoms with van der Waals surface area (Å²) in [4.78, 5) is 22.3. The average molecular weight is 294 g/mol. The van der Waals surface area contributed by atoms with Gasteiger partial charge in [0.15, 0.2) is 0 Å². The van der Waals surface area contributed by atoms with E-state index < -0.39 is 10.8 Å². The Balaban J connectivity index is 2.26. The van der Waals surface area contributed by atoms with Crippen molar-refractivity contribution >= 4 is 28.9 Å². The highest BCUT2D eigenvalue weighted by atomic mass is 35.5. The van der Waals surface area contributed by atoms with E-state index in [1.165, 1.54) is 16.8 Å². The zero-order valence-corrected chi connectivity index (χ0v) is 11.4. The minimum atomic E-state index is -0.538. The number of hydrogen-bond acceptors (Lipinski definition) is 3. The molecule has 0 saturated carbocycles. The van der Waals surface area contributed by atoms with Crippen molar-refractivity contribution in [3.63, 3.8) is 0 Å². The van der Waals surface area contributed by atoms with E-state index in [1.54, 1.807) is 25.2 Å². The molecule has 0 unspecified atom stereocenters. The molecule has 1 N–H and O–H groups in total. The predicted molar refractivity (Wildman–Crippen MR) is 76.0 cm³/mol. The summed E-state index contributed by atoms with van der Waals surface area (Å²) in [5.41, 5.74) is 1.46. The first kappa shape index (κ1) is 14.1. The van der Waals surface area contributed by atoms with Crippen molar-refractivity contribution in [2.75, 3.05) is 5.32 Å². The summed E-state index contributed by atoms with van der Waals surface area (Å²) in [5.74, 6) is -0.151. The number of anilines is 1. The number of carbonyl (C=O) groups excluding carboxylic acids is 1. The molecule has 0 spiro atoms. The molecule has 2 aromatic rings. The monoisotopic (exact) mass is 293 g/mol. The SMILES string of the molecule is Cn1cc([N+](=O)[O-])cc1C(=O)Nc1ccccc1CCl. The number of aromatic nitrogens is 1. The van der Waals surface area contributed by atoms with Gasteiger partial charge >= 0.3 is 0 Å². The van der Waals surface area contributed by atoms with E-state index >= 15 is 0 Å². The van der Waals surface area contributed by atoms with Crippen molar-refractivity contribution in [1.82, 2.24) is 4.57 Å². The first-order valence-electron chi connectivity index (χ1n) is 5.79. The van der Waals surface area contributed by atoms with Gasteiger partial charge in [0.1, 0.15) is 5.69 Å². The second-order valence-electron chi connectivity index (χ2n) is 4.20. The van der Waals surface area contributed by atoms with Gasteiger partial charge < -0.3 is 9.88 Å². The van der Waals surface area contributed by atoms with Gasteiger partial charge in [-0.2, -0.15) is 0 Å². The van der Waals surface area contributed by atoms with Crippen LogP contribution in [0.5, 0.6) is 0 Å². The number of para-hydroxylation sites is 1. The number of nitrogens with one attached hydrogen (secondary N) is 1. The molecule has 2 rings (SSSR count). The lowest BCUT2D eigenvalue weighted by Crippen LogP contribution is -2.16. The van der Waals surface area contributed by atoms with Crippen LogP contribution in [-0.4, -0.2) is 15.4 Å². The standard InChI is InChI=1S/C13H12ClN3O3/c1-16-8-10(17(19)20)6-12(16)13(18)15-11-5-3-2-4-9(11)7-14/h2-6,8H,7H2,1H3,(H,15,18). The lowest BCUT2D eigenvalue weighted by Gasteiger charge is -2.09. The van der Waals surface area contributed by atoms with E-state index in [1.807, 2.05) is 6.07 Å². The third kappa shape index (κ3) is 2.80. The third-order valence-electron chi connectivity index (χ3n) is 2.84. The summed E-state index contributed by atoms with van der Waals surface area (Å²) in [6, 6.07) is 8.36. The van der Waals surface area contributed by atoms with Gasteiger partial charge in [0, 0.05) is 24.7 Å². The van der Waals surface area contributed by atoms with E-state index in [9.17, 15) is 14.9 Å². The van der Waals surface area contributed by atoms with Crippen LogP contribution in [-0.2, 0) is 12.9 Å². The number of amides is 1. The molecule has 0 aliphatic rings. The van der Waals surface area contributed by atoms with Crippen LogP contribution in [0.2, 0.25) is 0 Å². The average Bonchev–Trinajstić information content (AvgIpc) is 2.82. The number of hydrogen-bond donors (Lipinski definition) is 1. The minimum absolute atomic E-state index is 0.122. The van der Waals surface area contributed by atoms with Crippen molar-refractivity contribution in [3.05, 3.63) is 57.9 Å². The highest BCUT2D eigenvalue weighted by molar-refractivity contribution is 6.17. The van der Waals surface area contributed by atoms with Crippen LogP contribution >= 0.6 is 11.6 Å². The summed E-state index contributed by atoms with van der Waals surface area (Å²) in [5, 5.41) is 13.4. The molecule has 0 atom stereocenters. The van der Waals surface area contributed by atoms with E-state index in [4.69, 9.17) is 11.6 Å². The molecular formula is C13H12ClN3O3. The van der Waals surface area contributed by atoms with Crippen molar-refractivity contribution in [3.8, 4) is 0 Å². The van der Waals surface area contributed by atoms with Gasteiger partial charge in [-0.3, -0.25) is 14.9 Å². The van der Waals surface area contributed by atoms with Gasteiger partial charge in [0.2, 0.25) is 0 Å². The van der Waals surface area contributed by atoms with Gasteiger partial charge in [0.05, 0.1) is 11.1 Å². The molecule has 1 aromatic heterocycles. The second kappa shape index (κ2) is 5.75. The molecule has 0 aliphatic heterocycles. The number of nitrogens with zero attached hydrogens (tertiary/aromatic N) is 2. The Kier molecular flexibility index (Phi) is 4.05. The smallest absolute Gasteiger partial charge is 0.287 e. The Hall–Kier alpha value is -2.34. The zero-order chi connectivity index (χ0) is 14.7. The number of rotatable bonds is 4. The molecule has 7 heteroatoms. The van der Waals surface area contributed by atoms with Crippen molar-refractivity contribution in [1.29, 1.82) is 0 Å². The molecule has 104 valence electrons.